The summed E-state index contributed by atoms with van der Waals surface area (Å²) in [6, 6.07) is 7.88. The summed E-state index contributed by atoms with van der Waals surface area (Å²) in [6.45, 7) is 0.873. The second kappa shape index (κ2) is 7.68. The number of nitrogens with zero attached hydrogens (tertiary/aromatic N) is 4. The highest BCUT2D eigenvalue weighted by molar-refractivity contribution is 6.10. The number of imidazole rings is 1. The van der Waals surface area contributed by atoms with Crippen molar-refractivity contribution < 1.29 is 13.6 Å². The van der Waals surface area contributed by atoms with E-state index in [-0.39, 0.29) is 36.3 Å². The molecule has 3 aromatic heterocycles. The van der Waals surface area contributed by atoms with Crippen LogP contribution in [0.15, 0.2) is 52.4 Å². The van der Waals surface area contributed by atoms with Gasteiger partial charge in [0.2, 0.25) is 11.8 Å². The number of rotatable bonds is 6. The van der Waals surface area contributed by atoms with Crippen molar-refractivity contribution in [2.45, 2.75) is 55.8 Å². The molecule has 1 aliphatic heterocycles. The van der Waals surface area contributed by atoms with Crippen LogP contribution in [0.4, 0.5) is 14.5 Å². The van der Waals surface area contributed by atoms with Gasteiger partial charge in [-0.2, -0.15) is 5.10 Å². The van der Waals surface area contributed by atoms with Gasteiger partial charge in [0.25, 0.3) is 5.56 Å². The summed E-state index contributed by atoms with van der Waals surface area (Å²) >= 11 is 0. The van der Waals surface area contributed by atoms with E-state index in [1.54, 1.807) is 21.8 Å². The first-order valence-corrected chi connectivity index (χ1v) is 12.7. The first kappa shape index (κ1) is 23.0. The van der Waals surface area contributed by atoms with Crippen molar-refractivity contribution in [1.82, 2.24) is 24.6 Å². The van der Waals surface area contributed by atoms with E-state index in [9.17, 15) is 23.2 Å². The van der Waals surface area contributed by atoms with Crippen molar-refractivity contribution in [3.63, 3.8) is 0 Å². The Bertz CT molecular complexity index is 1750. The molecular weight excluding hydrogens is 494 g/mol. The quantitative estimate of drug-likeness (QED) is 0.406. The van der Waals surface area contributed by atoms with Crippen molar-refractivity contribution >= 4 is 17.2 Å². The number of halogens is 2. The van der Waals surface area contributed by atoms with Gasteiger partial charge in [-0.3, -0.25) is 14.6 Å². The van der Waals surface area contributed by atoms with Gasteiger partial charge in [0.1, 0.15) is 0 Å². The first-order valence-electron chi connectivity index (χ1n) is 12.7. The van der Waals surface area contributed by atoms with Crippen LogP contribution in [0.2, 0.25) is 0 Å². The zero-order chi connectivity index (χ0) is 26.4. The molecule has 1 spiro atoms. The molecule has 4 aromatic rings. The molecular formula is C27H24F2N6O3. The Kier molecular flexibility index (Phi) is 4.65. The fraction of sp³-hybridized carbons (Fsp3) is 0.370. The van der Waals surface area contributed by atoms with E-state index in [2.05, 4.69) is 20.1 Å². The lowest BCUT2D eigenvalue weighted by Gasteiger charge is -2.20. The van der Waals surface area contributed by atoms with Crippen LogP contribution in [0.25, 0.3) is 16.9 Å². The smallest absolute Gasteiger partial charge is 0.313 e. The van der Waals surface area contributed by atoms with Crippen molar-refractivity contribution in [2.24, 2.45) is 0 Å². The SMILES string of the molecule is CC(F)(F)CCN1C(=O)C2(CC2)c2ccc([C@H]3C[C@@H]3c3cc(-c4c[nH]c(=O)[nH]c4=O)nn4ccnc34)cc21. The van der Waals surface area contributed by atoms with Crippen LogP contribution >= 0.6 is 0 Å². The molecule has 9 nitrogen and oxygen atoms in total. The maximum atomic E-state index is 13.7. The molecule has 1 aromatic carbocycles. The molecule has 2 fully saturated rings. The normalized spacial score (nSPS) is 21.3. The highest BCUT2D eigenvalue weighted by Gasteiger charge is 2.59. The zero-order valence-corrected chi connectivity index (χ0v) is 20.5. The number of alkyl halides is 2. The number of fused-ring (bicyclic) bond motifs is 3. The minimum absolute atomic E-state index is 0.00917. The fourth-order valence-electron chi connectivity index (χ4n) is 5.88. The summed E-state index contributed by atoms with van der Waals surface area (Å²) in [7, 11) is 0. The molecule has 3 aliphatic rings. The molecule has 2 atom stereocenters. The lowest BCUT2D eigenvalue weighted by molar-refractivity contribution is -0.120. The van der Waals surface area contributed by atoms with E-state index >= 15 is 0 Å². The molecule has 0 saturated heterocycles. The van der Waals surface area contributed by atoms with Gasteiger partial charge in [-0.25, -0.2) is 23.1 Å². The summed E-state index contributed by atoms with van der Waals surface area (Å²) < 4.78 is 28.9. The molecule has 11 heteroatoms. The molecule has 2 saturated carbocycles. The van der Waals surface area contributed by atoms with Gasteiger partial charge in [0.15, 0.2) is 5.65 Å². The minimum atomic E-state index is -2.85. The molecule has 2 aliphatic carbocycles. The molecule has 38 heavy (non-hydrogen) atoms. The summed E-state index contributed by atoms with van der Waals surface area (Å²) in [5, 5.41) is 4.50. The average Bonchev–Trinajstić information content (AvgIpc) is 3.77. The second-order valence-electron chi connectivity index (χ2n) is 10.8. The number of carbonyl (C=O) groups excluding carboxylic acids is 1. The number of nitrogens with one attached hydrogen (secondary N) is 2. The van der Waals surface area contributed by atoms with Gasteiger partial charge in [0.05, 0.1) is 16.7 Å². The monoisotopic (exact) mass is 518 g/mol. The Hall–Kier alpha value is -4.15. The van der Waals surface area contributed by atoms with Crippen LogP contribution in [0.3, 0.4) is 0 Å². The molecule has 0 bridgehead atoms. The van der Waals surface area contributed by atoms with Gasteiger partial charge in [-0.15, -0.1) is 0 Å². The molecule has 194 valence electrons. The molecule has 2 N–H and O–H groups in total. The van der Waals surface area contributed by atoms with E-state index in [1.165, 1.54) is 6.20 Å². The molecule has 0 unspecified atom stereocenters. The Morgan fingerprint density at radius 3 is 2.71 bits per heavy atom. The van der Waals surface area contributed by atoms with Crippen molar-refractivity contribution in [3.05, 3.63) is 80.4 Å². The third kappa shape index (κ3) is 3.52. The van der Waals surface area contributed by atoms with E-state index in [0.717, 1.165) is 48.6 Å². The number of amides is 1. The summed E-state index contributed by atoms with van der Waals surface area (Å²) in [4.78, 5) is 47.8. The predicted octanol–water partition coefficient (Wildman–Crippen LogP) is 3.47. The first-order chi connectivity index (χ1) is 18.1. The topological polar surface area (TPSA) is 116 Å². The lowest BCUT2D eigenvalue weighted by Crippen LogP contribution is -2.35. The van der Waals surface area contributed by atoms with Gasteiger partial charge >= 0.3 is 5.69 Å². The van der Waals surface area contributed by atoms with Crippen molar-refractivity contribution in [1.29, 1.82) is 0 Å². The van der Waals surface area contributed by atoms with Crippen LogP contribution in [-0.2, 0) is 10.2 Å². The van der Waals surface area contributed by atoms with E-state index in [4.69, 9.17) is 0 Å². The van der Waals surface area contributed by atoms with Crippen LogP contribution in [0, 0.1) is 0 Å². The van der Waals surface area contributed by atoms with Gasteiger partial charge in [0, 0.05) is 42.8 Å². The maximum absolute atomic E-state index is 13.7. The Morgan fingerprint density at radius 1 is 1.16 bits per heavy atom. The van der Waals surface area contributed by atoms with Crippen LogP contribution in [-0.4, -0.2) is 42.9 Å². The highest BCUT2D eigenvalue weighted by Crippen LogP contribution is 2.60. The third-order valence-electron chi connectivity index (χ3n) is 8.11. The van der Waals surface area contributed by atoms with Gasteiger partial charge < -0.3 is 9.88 Å². The lowest BCUT2D eigenvalue weighted by atomic mass is 9.95. The number of hydrogen-bond acceptors (Lipinski definition) is 5. The number of aromatic nitrogens is 5. The highest BCUT2D eigenvalue weighted by atomic mass is 19.3. The number of carbonyl (C=O) groups is 1. The number of aromatic amines is 2. The molecule has 7 rings (SSSR count). The molecule has 0 radical (unpaired) electrons. The summed E-state index contributed by atoms with van der Waals surface area (Å²) in [6.07, 6.45) is 6.65. The van der Waals surface area contributed by atoms with Crippen LogP contribution in [0.5, 0.6) is 0 Å². The van der Waals surface area contributed by atoms with E-state index in [1.807, 2.05) is 24.3 Å². The summed E-state index contributed by atoms with van der Waals surface area (Å²) in [5.41, 5.74) is 3.34. The minimum Gasteiger partial charge on any atom is -0.313 e. The van der Waals surface area contributed by atoms with Crippen molar-refractivity contribution in [3.8, 4) is 11.3 Å². The van der Waals surface area contributed by atoms with E-state index in [0.29, 0.717) is 11.3 Å². The number of benzene rings is 1. The van der Waals surface area contributed by atoms with Gasteiger partial charge in [-0.1, -0.05) is 12.1 Å². The average molecular weight is 519 g/mol. The van der Waals surface area contributed by atoms with Crippen LogP contribution < -0.4 is 16.1 Å². The predicted molar refractivity (Wildman–Crippen MR) is 135 cm³/mol. The second-order valence-corrected chi connectivity index (χ2v) is 10.8. The number of hydrogen-bond donors (Lipinski definition) is 2. The molecule has 1 amide bonds. The Balaban J connectivity index is 1.24. The Labute approximate surface area is 214 Å². The Morgan fingerprint density at radius 2 is 1.97 bits per heavy atom. The summed E-state index contributed by atoms with van der Waals surface area (Å²) in [5.74, 6) is -2.67. The van der Waals surface area contributed by atoms with Crippen molar-refractivity contribution in [2.75, 3.05) is 11.4 Å². The number of H-pyrrole nitrogens is 2. The van der Waals surface area contributed by atoms with Crippen LogP contribution in [0.1, 0.15) is 61.1 Å². The standard InChI is InChI=1S/C27H24F2N6O3/c1-26(28,29)6-8-34-21-10-14(2-3-19(21)27(4-5-27)24(34)37)15-11-16(15)17-12-20(33-35-9-7-30-22(17)35)18-13-31-25(38)32-23(18)36/h2-3,7,9-10,12-13,15-16H,4-6,8,11H2,1H3,(H2,31,32,36,38)/t15-,16+/m1/s1. The van der Waals surface area contributed by atoms with Gasteiger partial charge in [-0.05, 0) is 61.3 Å². The third-order valence-corrected chi connectivity index (χ3v) is 8.11. The zero-order valence-electron chi connectivity index (χ0n) is 20.5. The molecule has 4 heterocycles. The maximum Gasteiger partial charge on any atom is 0.325 e. The fourth-order valence-corrected chi connectivity index (χ4v) is 5.88. The number of anilines is 1. The largest absolute Gasteiger partial charge is 0.325 e. The van der Waals surface area contributed by atoms with E-state index < -0.39 is 22.6 Å².